The number of nitrogens with one attached hydrogen (secondary N) is 2. The molecule has 0 unspecified atom stereocenters. The Labute approximate surface area is 139 Å². The molecule has 0 fully saturated rings. The first-order valence-electron chi connectivity index (χ1n) is 6.74. The van der Waals surface area contributed by atoms with Crippen LogP contribution in [0, 0.1) is 6.92 Å². The van der Waals surface area contributed by atoms with Crippen molar-refractivity contribution in [3.8, 4) is 0 Å². The van der Waals surface area contributed by atoms with E-state index in [-0.39, 0.29) is 0 Å². The van der Waals surface area contributed by atoms with Crippen molar-refractivity contribution in [3.05, 3.63) is 45.5 Å². The van der Waals surface area contributed by atoms with Crippen molar-refractivity contribution in [2.45, 2.75) is 20.0 Å². The molecule has 1 aromatic heterocycles. The SMILES string of the molecule is CN=C(NCc1ccc(Cl)cc1Cl)NCc1nnc(C)n1C. The molecule has 118 valence electrons. The molecule has 0 aliphatic heterocycles. The molecule has 0 saturated heterocycles. The first-order valence-corrected chi connectivity index (χ1v) is 7.50. The van der Waals surface area contributed by atoms with E-state index in [9.17, 15) is 0 Å². The van der Waals surface area contributed by atoms with Crippen LogP contribution in [0.2, 0.25) is 10.0 Å². The minimum absolute atomic E-state index is 0.533. The number of nitrogens with zero attached hydrogens (tertiary/aromatic N) is 4. The predicted octanol–water partition coefficient (Wildman–Crippen LogP) is 2.30. The molecule has 8 heteroatoms. The first kappa shape index (κ1) is 16.6. The molecule has 0 atom stereocenters. The molecule has 1 aromatic carbocycles. The molecule has 0 bridgehead atoms. The molecule has 0 amide bonds. The Morgan fingerprint density at radius 1 is 1.23 bits per heavy atom. The number of hydrogen-bond donors (Lipinski definition) is 2. The number of aryl methyl sites for hydroxylation is 1. The summed E-state index contributed by atoms with van der Waals surface area (Å²) in [6.45, 7) is 2.99. The molecular formula is C14H18Cl2N6. The van der Waals surface area contributed by atoms with Gasteiger partial charge in [-0.15, -0.1) is 10.2 Å². The van der Waals surface area contributed by atoms with Gasteiger partial charge < -0.3 is 15.2 Å². The molecule has 0 radical (unpaired) electrons. The molecule has 0 spiro atoms. The van der Waals surface area contributed by atoms with Crippen LogP contribution in [0.25, 0.3) is 0 Å². The molecule has 0 saturated carbocycles. The van der Waals surface area contributed by atoms with E-state index in [0.29, 0.717) is 29.1 Å². The van der Waals surface area contributed by atoms with Crippen LogP contribution in [0.3, 0.4) is 0 Å². The summed E-state index contributed by atoms with van der Waals surface area (Å²) >= 11 is 12.0. The highest BCUT2D eigenvalue weighted by molar-refractivity contribution is 6.35. The van der Waals surface area contributed by atoms with Gasteiger partial charge in [-0.2, -0.15) is 0 Å². The van der Waals surface area contributed by atoms with Gasteiger partial charge in [0.1, 0.15) is 5.82 Å². The third-order valence-corrected chi connectivity index (χ3v) is 3.87. The lowest BCUT2D eigenvalue weighted by molar-refractivity contribution is 0.717. The molecule has 2 rings (SSSR count). The van der Waals surface area contributed by atoms with Crippen molar-refractivity contribution in [1.29, 1.82) is 0 Å². The maximum Gasteiger partial charge on any atom is 0.191 e. The summed E-state index contributed by atoms with van der Waals surface area (Å²) < 4.78 is 1.93. The highest BCUT2D eigenvalue weighted by Crippen LogP contribution is 2.20. The van der Waals surface area contributed by atoms with Gasteiger partial charge in [-0.05, 0) is 24.6 Å². The number of rotatable bonds is 4. The fourth-order valence-electron chi connectivity index (χ4n) is 1.83. The topological polar surface area (TPSA) is 67.1 Å². The second-order valence-electron chi connectivity index (χ2n) is 4.74. The summed E-state index contributed by atoms with van der Waals surface area (Å²) in [6, 6.07) is 5.42. The maximum absolute atomic E-state index is 6.15. The summed E-state index contributed by atoms with van der Waals surface area (Å²) in [4.78, 5) is 4.17. The van der Waals surface area contributed by atoms with E-state index in [1.807, 2.05) is 30.7 Å². The fraction of sp³-hybridized carbons (Fsp3) is 0.357. The Morgan fingerprint density at radius 3 is 2.55 bits per heavy atom. The second kappa shape index (κ2) is 7.47. The monoisotopic (exact) mass is 340 g/mol. The quantitative estimate of drug-likeness (QED) is 0.662. The summed E-state index contributed by atoms with van der Waals surface area (Å²) in [7, 11) is 3.64. The molecule has 2 N–H and O–H groups in total. The van der Waals surface area contributed by atoms with Crippen molar-refractivity contribution in [1.82, 2.24) is 25.4 Å². The summed E-state index contributed by atoms with van der Waals surface area (Å²) in [5.41, 5.74) is 0.948. The minimum atomic E-state index is 0.533. The van der Waals surface area contributed by atoms with Crippen molar-refractivity contribution in [3.63, 3.8) is 0 Å². The van der Waals surface area contributed by atoms with Crippen molar-refractivity contribution >= 4 is 29.2 Å². The minimum Gasteiger partial charge on any atom is -0.352 e. The average molecular weight is 341 g/mol. The van der Waals surface area contributed by atoms with Crippen molar-refractivity contribution in [2.75, 3.05) is 7.05 Å². The van der Waals surface area contributed by atoms with Crippen molar-refractivity contribution in [2.24, 2.45) is 12.0 Å². The normalized spacial score (nSPS) is 11.6. The number of hydrogen-bond acceptors (Lipinski definition) is 3. The van der Waals surface area contributed by atoms with E-state index >= 15 is 0 Å². The van der Waals surface area contributed by atoms with E-state index in [2.05, 4.69) is 25.8 Å². The number of benzene rings is 1. The Morgan fingerprint density at radius 2 is 1.95 bits per heavy atom. The van der Waals surface area contributed by atoms with Crippen LogP contribution in [-0.2, 0) is 20.1 Å². The lowest BCUT2D eigenvalue weighted by Crippen LogP contribution is -2.37. The lowest BCUT2D eigenvalue weighted by Gasteiger charge is -2.12. The smallest absolute Gasteiger partial charge is 0.191 e. The van der Waals surface area contributed by atoms with E-state index < -0.39 is 0 Å². The molecule has 2 aromatic rings. The number of aliphatic imine (C=N–C) groups is 1. The highest BCUT2D eigenvalue weighted by atomic mass is 35.5. The molecule has 1 heterocycles. The highest BCUT2D eigenvalue weighted by Gasteiger charge is 2.07. The first-order chi connectivity index (χ1) is 10.5. The van der Waals surface area contributed by atoms with Gasteiger partial charge in [0.15, 0.2) is 11.8 Å². The fourth-order valence-corrected chi connectivity index (χ4v) is 2.31. The third kappa shape index (κ3) is 4.11. The van der Waals surface area contributed by atoms with Crippen LogP contribution in [-0.4, -0.2) is 27.8 Å². The van der Waals surface area contributed by atoms with E-state index in [0.717, 1.165) is 17.2 Å². The van der Waals surface area contributed by atoms with Crippen LogP contribution in [0.15, 0.2) is 23.2 Å². The third-order valence-electron chi connectivity index (χ3n) is 3.28. The zero-order chi connectivity index (χ0) is 16.1. The molecule has 0 aliphatic carbocycles. The van der Waals surface area contributed by atoms with Crippen LogP contribution in [0.5, 0.6) is 0 Å². The van der Waals surface area contributed by atoms with Crippen LogP contribution >= 0.6 is 23.2 Å². The Balaban J connectivity index is 1.91. The van der Waals surface area contributed by atoms with Gasteiger partial charge in [0.05, 0.1) is 6.54 Å². The van der Waals surface area contributed by atoms with Crippen LogP contribution in [0.1, 0.15) is 17.2 Å². The standard InChI is InChI=1S/C14H18Cl2N6/c1-9-20-21-13(22(9)3)8-19-14(17-2)18-7-10-4-5-11(15)6-12(10)16/h4-6H,7-8H2,1-3H3,(H2,17,18,19). The molecular weight excluding hydrogens is 323 g/mol. The van der Waals surface area contributed by atoms with E-state index in [1.54, 1.807) is 13.1 Å². The van der Waals surface area contributed by atoms with Gasteiger partial charge >= 0.3 is 0 Å². The van der Waals surface area contributed by atoms with E-state index in [1.165, 1.54) is 0 Å². The summed E-state index contributed by atoms with van der Waals surface area (Å²) in [5.74, 6) is 2.37. The van der Waals surface area contributed by atoms with Gasteiger partial charge in [-0.25, -0.2) is 0 Å². The largest absolute Gasteiger partial charge is 0.352 e. The Hall–Kier alpha value is -1.79. The molecule has 0 aliphatic rings. The van der Waals surface area contributed by atoms with Crippen LogP contribution < -0.4 is 10.6 Å². The zero-order valence-corrected chi connectivity index (χ0v) is 14.2. The zero-order valence-electron chi connectivity index (χ0n) is 12.7. The van der Waals surface area contributed by atoms with Gasteiger partial charge in [-0.1, -0.05) is 29.3 Å². The van der Waals surface area contributed by atoms with Crippen molar-refractivity contribution < 1.29 is 0 Å². The summed E-state index contributed by atoms with van der Waals surface area (Å²) in [6.07, 6.45) is 0. The average Bonchev–Trinajstić information content (AvgIpc) is 2.81. The van der Waals surface area contributed by atoms with Gasteiger partial charge in [0.2, 0.25) is 0 Å². The van der Waals surface area contributed by atoms with E-state index in [4.69, 9.17) is 23.2 Å². The molecule has 22 heavy (non-hydrogen) atoms. The predicted molar refractivity (Wildman–Crippen MR) is 89.2 cm³/mol. The number of aromatic nitrogens is 3. The Bertz CT molecular complexity index is 680. The molecule has 6 nitrogen and oxygen atoms in total. The summed E-state index contributed by atoms with van der Waals surface area (Å²) in [5, 5.41) is 15.7. The second-order valence-corrected chi connectivity index (χ2v) is 5.58. The van der Waals surface area contributed by atoms with Gasteiger partial charge in [-0.3, -0.25) is 4.99 Å². The lowest BCUT2D eigenvalue weighted by atomic mass is 10.2. The van der Waals surface area contributed by atoms with Crippen LogP contribution in [0.4, 0.5) is 0 Å². The van der Waals surface area contributed by atoms with Gasteiger partial charge in [0, 0.05) is 30.7 Å². The number of halogens is 2. The van der Waals surface area contributed by atoms with Gasteiger partial charge in [0.25, 0.3) is 0 Å². The number of guanidine groups is 1. The Kier molecular flexibility index (Phi) is 5.63. The maximum atomic E-state index is 6.15.